The summed E-state index contributed by atoms with van der Waals surface area (Å²) in [6.45, 7) is 7.11. The van der Waals surface area contributed by atoms with E-state index in [-0.39, 0.29) is 6.10 Å². The fourth-order valence-corrected chi connectivity index (χ4v) is 2.07. The zero-order chi connectivity index (χ0) is 12.8. The monoisotopic (exact) mass is 250 g/mol. The second-order valence-corrected chi connectivity index (χ2v) is 4.98. The van der Waals surface area contributed by atoms with Gasteiger partial charge in [0.25, 0.3) is 0 Å². The van der Waals surface area contributed by atoms with Crippen LogP contribution in [0, 0.1) is 5.92 Å². The van der Waals surface area contributed by atoms with Crippen LogP contribution < -0.4 is 15.4 Å². The summed E-state index contributed by atoms with van der Waals surface area (Å²) in [4.78, 5) is 8.54. The van der Waals surface area contributed by atoms with Crippen LogP contribution in [0.25, 0.3) is 0 Å². The maximum atomic E-state index is 5.54. The third-order valence-corrected chi connectivity index (χ3v) is 2.93. The molecule has 0 aromatic carbocycles. The van der Waals surface area contributed by atoms with Crippen LogP contribution in [0.2, 0.25) is 0 Å². The molecule has 1 unspecified atom stereocenters. The highest BCUT2D eigenvalue weighted by atomic mass is 16.5. The highest BCUT2D eigenvalue weighted by Gasteiger charge is 2.13. The molecule has 1 aromatic rings. The average Bonchev–Trinajstić information content (AvgIpc) is 2.37. The molecule has 1 atom stereocenters. The number of anilines is 1. The molecule has 1 aliphatic rings. The van der Waals surface area contributed by atoms with Crippen LogP contribution in [0.1, 0.15) is 26.7 Å². The quantitative estimate of drug-likeness (QED) is 0.832. The average molecular weight is 250 g/mol. The summed E-state index contributed by atoms with van der Waals surface area (Å²) < 4.78 is 5.54. The van der Waals surface area contributed by atoms with Gasteiger partial charge in [-0.2, -0.15) is 4.98 Å². The van der Waals surface area contributed by atoms with Crippen molar-refractivity contribution in [1.29, 1.82) is 0 Å². The molecule has 0 spiro atoms. The molecule has 0 amide bonds. The Bertz CT molecular complexity index is 364. The fourth-order valence-electron chi connectivity index (χ4n) is 2.07. The van der Waals surface area contributed by atoms with Crippen molar-refractivity contribution in [3.8, 4) is 5.88 Å². The molecule has 0 radical (unpaired) electrons. The van der Waals surface area contributed by atoms with E-state index in [1.807, 2.05) is 13.8 Å². The lowest BCUT2D eigenvalue weighted by Crippen LogP contribution is -2.33. The number of nitrogens with one attached hydrogen (secondary N) is 2. The summed E-state index contributed by atoms with van der Waals surface area (Å²) in [6, 6.07) is 1.79. The summed E-state index contributed by atoms with van der Waals surface area (Å²) in [7, 11) is 0. The first-order valence-electron chi connectivity index (χ1n) is 6.68. The Balaban J connectivity index is 1.84. The van der Waals surface area contributed by atoms with E-state index in [0.29, 0.717) is 17.7 Å². The third-order valence-electron chi connectivity index (χ3n) is 2.93. The molecule has 0 saturated carbocycles. The van der Waals surface area contributed by atoms with Crippen LogP contribution in [0.4, 0.5) is 5.95 Å². The van der Waals surface area contributed by atoms with Crippen LogP contribution in [-0.4, -0.2) is 35.7 Å². The van der Waals surface area contributed by atoms with Crippen molar-refractivity contribution in [2.24, 2.45) is 5.92 Å². The maximum absolute atomic E-state index is 5.54. The van der Waals surface area contributed by atoms with E-state index < -0.39 is 0 Å². The Morgan fingerprint density at radius 1 is 1.56 bits per heavy atom. The van der Waals surface area contributed by atoms with Gasteiger partial charge in [-0.25, -0.2) is 4.98 Å². The zero-order valence-electron chi connectivity index (χ0n) is 11.1. The van der Waals surface area contributed by atoms with E-state index in [9.17, 15) is 0 Å². The van der Waals surface area contributed by atoms with Crippen molar-refractivity contribution in [2.75, 3.05) is 25.0 Å². The lowest BCUT2D eigenvalue weighted by atomic mass is 10.00. The van der Waals surface area contributed by atoms with Crippen molar-refractivity contribution in [3.05, 3.63) is 12.3 Å². The number of nitrogens with zero attached hydrogens (tertiary/aromatic N) is 2. The summed E-state index contributed by atoms with van der Waals surface area (Å²) in [5.41, 5.74) is 0. The summed E-state index contributed by atoms with van der Waals surface area (Å²) in [5, 5.41) is 6.69. The molecule has 2 N–H and O–H groups in total. The zero-order valence-corrected chi connectivity index (χ0v) is 11.1. The largest absolute Gasteiger partial charge is 0.475 e. The number of aromatic nitrogens is 2. The van der Waals surface area contributed by atoms with E-state index in [4.69, 9.17) is 4.74 Å². The molecule has 2 heterocycles. The number of piperidine rings is 1. The number of hydrogen-bond acceptors (Lipinski definition) is 5. The molecule has 5 nitrogen and oxygen atoms in total. The minimum atomic E-state index is 0.135. The van der Waals surface area contributed by atoms with E-state index in [0.717, 1.165) is 19.6 Å². The summed E-state index contributed by atoms with van der Waals surface area (Å²) in [5.74, 6) is 1.94. The lowest BCUT2D eigenvalue weighted by molar-refractivity contribution is 0.232. The molecule has 1 saturated heterocycles. The van der Waals surface area contributed by atoms with E-state index in [2.05, 4.69) is 20.6 Å². The number of hydrogen-bond donors (Lipinski definition) is 2. The van der Waals surface area contributed by atoms with Crippen molar-refractivity contribution < 1.29 is 4.74 Å². The normalized spacial score (nSPS) is 19.8. The SMILES string of the molecule is CC(C)Oc1ccnc(NCC2CCCNC2)n1. The van der Waals surface area contributed by atoms with Gasteiger partial charge in [0.05, 0.1) is 6.10 Å². The van der Waals surface area contributed by atoms with Crippen LogP contribution >= 0.6 is 0 Å². The number of ether oxygens (including phenoxy) is 1. The van der Waals surface area contributed by atoms with Crippen LogP contribution in [0.5, 0.6) is 5.88 Å². The molecule has 18 heavy (non-hydrogen) atoms. The molecule has 1 aliphatic heterocycles. The van der Waals surface area contributed by atoms with Gasteiger partial charge >= 0.3 is 0 Å². The predicted molar refractivity (Wildman–Crippen MR) is 71.9 cm³/mol. The van der Waals surface area contributed by atoms with Gasteiger partial charge in [0.2, 0.25) is 11.8 Å². The first-order chi connectivity index (χ1) is 8.74. The minimum absolute atomic E-state index is 0.135. The molecule has 0 aliphatic carbocycles. The van der Waals surface area contributed by atoms with Gasteiger partial charge < -0.3 is 15.4 Å². The van der Waals surface area contributed by atoms with E-state index >= 15 is 0 Å². The molecule has 1 aromatic heterocycles. The second-order valence-electron chi connectivity index (χ2n) is 4.98. The Morgan fingerprint density at radius 2 is 2.44 bits per heavy atom. The van der Waals surface area contributed by atoms with Gasteiger partial charge in [0, 0.05) is 18.8 Å². The molecule has 2 rings (SSSR count). The maximum Gasteiger partial charge on any atom is 0.225 e. The summed E-state index contributed by atoms with van der Waals surface area (Å²) >= 11 is 0. The third kappa shape index (κ3) is 4.14. The lowest BCUT2D eigenvalue weighted by Gasteiger charge is -2.22. The standard InChI is InChI=1S/C13H22N4O/c1-10(2)18-12-5-7-15-13(17-12)16-9-11-4-3-6-14-8-11/h5,7,10-11,14H,3-4,6,8-9H2,1-2H3,(H,15,16,17). The Hall–Kier alpha value is -1.36. The fraction of sp³-hybridized carbons (Fsp3) is 0.692. The Morgan fingerprint density at radius 3 is 3.17 bits per heavy atom. The van der Waals surface area contributed by atoms with Crippen molar-refractivity contribution in [1.82, 2.24) is 15.3 Å². The molecule has 100 valence electrons. The van der Waals surface area contributed by atoms with Crippen molar-refractivity contribution >= 4 is 5.95 Å². The minimum Gasteiger partial charge on any atom is -0.475 e. The second kappa shape index (κ2) is 6.54. The van der Waals surface area contributed by atoms with Crippen molar-refractivity contribution in [3.63, 3.8) is 0 Å². The smallest absolute Gasteiger partial charge is 0.225 e. The molecule has 0 bridgehead atoms. The highest BCUT2D eigenvalue weighted by molar-refractivity contribution is 5.27. The summed E-state index contributed by atoms with van der Waals surface area (Å²) in [6.07, 6.45) is 4.38. The van der Waals surface area contributed by atoms with Gasteiger partial charge in [-0.1, -0.05) is 0 Å². The predicted octanol–water partition coefficient (Wildman–Crippen LogP) is 1.68. The van der Waals surface area contributed by atoms with Crippen LogP contribution in [-0.2, 0) is 0 Å². The first-order valence-corrected chi connectivity index (χ1v) is 6.68. The topological polar surface area (TPSA) is 59.1 Å². The van der Waals surface area contributed by atoms with Gasteiger partial charge in [0.15, 0.2) is 0 Å². The van der Waals surface area contributed by atoms with Gasteiger partial charge in [-0.3, -0.25) is 0 Å². The molecular weight excluding hydrogens is 228 g/mol. The Kier molecular flexibility index (Phi) is 4.75. The van der Waals surface area contributed by atoms with Gasteiger partial charge in [-0.15, -0.1) is 0 Å². The van der Waals surface area contributed by atoms with Gasteiger partial charge in [0.1, 0.15) is 0 Å². The molecular formula is C13H22N4O. The molecule has 1 fully saturated rings. The van der Waals surface area contributed by atoms with E-state index in [1.165, 1.54) is 12.8 Å². The highest BCUT2D eigenvalue weighted by Crippen LogP contribution is 2.13. The molecule has 5 heteroatoms. The van der Waals surface area contributed by atoms with Gasteiger partial charge in [-0.05, 0) is 45.7 Å². The first kappa shape index (κ1) is 13.1. The van der Waals surface area contributed by atoms with Crippen molar-refractivity contribution in [2.45, 2.75) is 32.8 Å². The Labute approximate surface area is 108 Å². The van der Waals surface area contributed by atoms with Crippen LogP contribution in [0.15, 0.2) is 12.3 Å². The number of rotatable bonds is 5. The van der Waals surface area contributed by atoms with Crippen LogP contribution in [0.3, 0.4) is 0 Å². The van der Waals surface area contributed by atoms with E-state index in [1.54, 1.807) is 12.3 Å².